The van der Waals surface area contributed by atoms with Crippen molar-refractivity contribution in [2.24, 2.45) is 0 Å². The van der Waals surface area contributed by atoms with Crippen molar-refractivity contribution in [2.75, 3.05) is 7.11 Å². The van der Waals surface area contributed by atoms with E-state index in [1.54, 1.807) is 0 Å². The number of ether oxygens (including phenoxy) is 1. The van der Waals surface area contributed by atoms with Crippen LogP contribution in [-0.2, 0) is 0 Å². The number of carboxylic acid groups (broad SMARTS) is 1. The molecule has 0 saturated carbocycles. The number of carbonyl (C=O) groups is 1. The van der Waals surface area contributed by atoms with E-state index in [0.29, 0.717) is 11.3 Å². The summed E-state index contributed by atoms with van der Waals surface area (Å²) >= 11 is 0. The zero-order chi connectivity index (χ0) is 9.14. The molecule has 0 amide bonds. The largest absolute Gasteiger partial charge is 0.496 e. The Bertz CT molecular complexity index is 305. The summed E-state index contributed by atoms with van der Waals surface area (Å²) in [7, 11) is 1.44. The van der Waals surface area contributed by atoms with Gasteiger partial charge in [0.15, 0.2) is 0 Å². The number of carboxylic acids is 1. The third-order valence-corrected chi connectivity index (χ3v) is 1.48. The second-order valence-electron chi connectivity index (χ2n) is 2.26. The van der Waals surface area contributed by atoms with E-state index in [1.165, 1.54) is 25.3 Å². The Morgan fingerprint density at radius 3 is 2.75 bits per heavy atom. The van der Waals surface area contributed by atoms with E-state index in [-0.39, 0.29) is 5.56 Å². The number of benzene rings is 1. The quantitative estimate of drug-likeness (QED) is 0.719. The van der Waals surface area contributed by atoms with Crippen LogP contribution in [0.1, 0.15) is 15.9 Å². The molecule has 0 spiro atoms. The van der Waals surface area contributed by atoms with Crippen LogP contribution in [-0.4, -0.2) is 18.2 Å². The number of hydrogen-bond donors (Lipinski definition) is 1. The fraction of sp³-hybridized carbons (Fsp3) is 0.111. The highest BCUT2D eigenvalue weighted by Crippen LogP contribution is 2.18. The number of methoxy groups -OCH3 is 1. The van der Waals surface area contributed by atoms with Crippen LogP contribution in [0.5, 0.6) is 5.75 Å². The highest BCUT2D eigenvalue weighted by molar-refractivity contribution is 5.88. The highest BCUT2D eigenvalue weighted by atomic mass is 16.5. The third kappa shape index (κ3) is 1.56. The van der Waals surface area contributed by atoms with Gasteiger partial charge in [-0.2, -0.15) is 0 Å². The standard InChI is InChI=1S/C9H8O3/c1-6-3-4-7(9(10)11)5-8(6)12-2/h1,3-5H,2H3,(H,10,11). The summed E-state index contributed by atoms with van der Waals surface area (Å²) in [5.74, 6) is -0.608. The average Bonchev–Trinajstić information content (AvgIpc) is 2.05. The summed E-state index contributed by atoms with van der Waals surface area (Å²) in [5, 5.41) is 8.60. The maximum atomic E-state index is 10.5. The predicted molar refractivity (Wildman–Crippen MR) is 43.4 cm³/mol. The van der Waals surface area contributed by atoms with E-state index in [1.807, 2.05) is 0 Å². The maximum absolute atomic E-state index is 10.5. The molecule has 0 fully saturated rings. The first kappa shape index (κ1) is 8.59. The Balaban J connectivity index is 3.13. The molecule has 1 aromatic rings. The van der Waals surface area contributed by atoms with Gasteiger partial charge >= 0.3 is 5.97 Å². The molecule has 3 nitrogen and oxygen atoms in total. The fourth-order valence-electron chi connectivity index (χ4n) is 0.844. The summed E-state index contributed by atoms with van der Waals surface area (Å²) in [6, 6.07) is 4.32. The topological polar surface area (TPSA) is 46.5 Å². The van der Waals surface area contributed by atoms with Crippen LogP contribution in [0.2, 0.25) is 0 Å². The number of hydrogen-bond acceptors (Lipinski definition) is 2. The van der Waals surface area contributed by atoms with Crippen molar-refractivity contribution in [2.45, 2.75) is 0 Å². The molecule has 0 aromatic heterocycles. The van der Waals surface area contributed by atoms with Crippen molar-refractivity contribution in [1.29, 1.82) is 0 Å². The average molecular weight is 164 g/mol. The fourth-order valence-corrected chi connectivity index (χ4v) is 0.844. The first-order valence-corrected chi connectivity index (χ1v) is 3.32. The van der Waals surface area contributed by atoms with Crippen molar-refractivity contribution in [3.8, 4) is 5.75 Å². The van der Waals surface area contributed by atoms with Crippen LogP contribution in [0.25, 0.3) is 0 Å². The van der Waals surface area contributed by atoms with Crippen molar-refractivity contribution < 1.29 is 14.6 Å². The first-order valence-electron chi connectivity index (χ1n) is 3.32. The summed E-state index contributed by atoms with van der Waals surface area (Å²) in [6.07, 6.45) is 0. The van der Waals surface area contributed by atoms with Crippen molar-refractivity contribution in [3.05, 3.63) is 36.2 Å². The molecule has 12 heavy (non-hydrogen) atoms. The molecular weight excluding hydrogens is 156 g/mol. The Kier molecular flexibility index (Phi) is 2.33. The van der Waals surface area contributed by atoms with Gasteiger partial charge in [0.1, 0.15) is 5.75 Å². The monoisotopic (exact) mass is 164 g/mol. The van der Waals surface area contributed by atoms with Crippen LogP contribution < -0.4 is 4.74 Å². The van der Waals surface area contributed by atoms with Gasteiger partial charge in [-0.3, -0.25) is 0 Å². The summed E-state index contributed by atoms with van der Waals surface area (Å²) in [5.41, 5.74) is 0.601. The third-order valence-electron chi connectivity index (χ3n) is 1.48. The molecule has 2 radical (unpaired) electrons. The minimum Gasteiger partial charge on any atom is -0.496 e. The molecule has 0 aliphatic rings. The minimum absolute atomic E-state index is 0.168. The summed E-state index contributed by atoms with van der Waals surface area (Å²) < 4.78 is 4.85. The SMILES string of the molecule is [CH]c1ccc(C(=O)O)cc1OC. The molecule has 3 heteroatoms. The van der Waals surface area contributed by atoms with Gasteiger partial charge < -0.3 is 9.84 Å². The van der Waals surface area contributed by atoms with Gasteiger partial charge in [0, 0.05) is 6.92 Å². The molecule has 1 aromatic carbocycles. The molecule has 0 aliphatic heterocycles. The molecule has 0 aliphatic carbocycles. The highest BCUT2D eigenvalue weighted by Gasteiger charge is 2.05. The van der Waals surface area contributed by atoms with E-state index in [9.17, 15) is 4.79 Å². The second-order valence-corrected chi connectivity index (χ2v) is 2.26. The van der Waals surface area contributed by atoms with E-state index >= 15 is 0 Å². The van der Waals surface area contributed by atoms with E-state index in [2.05, 4.69) is 0 Å². The van der Waals surface area contributed by atoms with Crippen LogP contribution in [0.15, 0.2) is 18.2 Å². The van der Waals surface area contributed by atoms with Crippen LogP contribution in [0.4, 0.5) is 0 Å². The molecule has 0 heterocycles. The van der Waals surface area contributed by atoms with E-state index < -0.39 is 5.97 Å². The summed E-state index contributed by atoms with van der Waals surface area (Å²) in [4.78, 5) is 10.5. The Morgan fingerprint density at radius 1 is 1.58 bits per heavy atom. The smallest absolute Gasteiger partial charge is 0.335 e. The lowest BCUT2D eigenvalue weighted by molar-refractivity contribution is 0.0696. The normalized spacial score (nSPS) is 9.50. The van der Waals surface area contributed by atoms with Gasteiger partial charge in [0.2, 0.25) is 0 Å². The van der Waals surface area contributed by atoms with Crippen molar-refractivity contribution >= 4 is 5.97 Å². The first-order chi connectivity index (χ1) is 5.65. The minimum atomic E-state index is -0.992. The van der Waals surface area contributed by atoms with Gasteiger partial charge in [-0.25, -0.2) is 4.79 Å². The summed E-state index contributed by atoms with van der Waals surface area (Å²) in [6.45, 7) is 5.48. The van der Waals surface area contributed by atoms with Gasteiger partial charge in [-0.15, -0.1) is 0 Å². The Morgan fingerprint density at radius 2 is 2.25 bits per heavy atom. The van der Waals surface area contributed by atoms with Crippen LogP contribution in [0.3, 0.4) is 0 Å². The Labute approximate surface area is 70.6 Å². The second kappa shape index (κ2) is 3.26. The molecule has 1 N–H and O–H groups in total. The predicted octanol–water partition coefficient (Wildman–Crippen LogP) is 1.45. The van der Waals surface area contributed by atoms with Crippen LogP contribution in [0, 0.1) is 6.92 Å². The van der Waals surface area contributed by atoms with E-state index in [0.717, 1.165) is 0 Å². The molecule has 0 bridgehead atoms. The molecule has 0 unspecified atom stereocenters. The maximum Gasteiger partial charge on any atom is 0.335 e. The van der Waals surface area contributed by atoms with Gasteiger partial charge in [0.25, 0.3) is 0 Å². The lowest BCUT2D eigenvalue weighted by Crippen LogP contribution is -1.97. The Hall–Kier alpha value is -1.51. The van der Waals surface area contributed by atoms with Gasteiger partial charge in [0.05, 0.1) is 12.7 Å². The molecular formula is C9H8O3. The van der Waals surface area contributed by atoms with Gasteiger partial charge in [-0.1, -0.05) is 6.07 Å². The number of rotatable bonds is 2. The lowest BCUT2D eigenvalue weighted by atomic mass is 10.1. The van der Waals surface area contributed by atoms with Crippen molar-refractivity contribution in [1.82, 2.24) is 0 Å². The lowest BCUT2D eigenvalue weighted by Gasteiger charge is -2.03. The molecule has 1 rings (SSSR count). The molecule has 0 saturated heterocycles. The number of aromatic carboxylic acids is 1. The van der Waals surface area contributed by atoms with Crippen LogP contribution >= 0.6 is 0 Å². The van der Waals surface area contributed by atoms with Crippen molar-refractivity contribution in [3.63, 3.8) is 0 Å². The zero-order valence-electron chi connectivity index (χ0n) is 6.57. The van der Waals surface area contributed by atoms with E-state index in [4.69, 9.17) is 16.8 Å². The zero-order valence-corrected chi connectivity index (χ0v) is 6.57. The van der Waals surface area contributed by atoms with Gasteiger partial charge in [-0.05, 0) is 17.7 Å². The molecule has 0 atom stereocenters. The molecule has 62 valence electrons.